The Morgan fingerprint density at radius 1 is 1.41 bits per heavy atom. The van der Waals surface area contributed by atoms with Crippen LogP contribution in [0.5, 0.6) is 0 Å². The van der Waals surface area contributed by atoms with Crippen LogP contribution in [0.2, 0.25) is 0 Å². The van der Waals surface area contributed by atoms with E-state index >= 15 is 0 Å². The van der Waals surface area contributed by atoms with E-state index < -0.39 is 6.10 Å². The number of thiazole rings is 1. The molecule has 1 heterocycles. The van der Waals surface area contributed by atoms with E-state index in [4.69, 9.17) is 5.73 Å². The summed E-state index contributed by atoms with van der Waals surface area (Å²) in [6.07, 6.45) is -0.0547. The highest BCUT2D eigenvalue weighted by atomic mass is 35.5. The number of halogens is 1. The number of aromatic nitrogens is 1. The molecular weight excluding hydrogens is 322 g/mol. The summed E-state index contributed by atoms with van der Waals surface area (Å²) >= 11 is 1.42. The summed E-state index contributed by atoms with van der Waals surface area (Å²) in [5.41, 5.74) is 7.74. The van der Waals surface area contributed by atoms with Crippen LogP contribution >= 0.6 is 23.7 Å². The van der Waals surface area contributed by atoms with Crippen molar-refractivity contribution < 1.29 is 9.90 Å². The zero-order chi connectivity index (χ0) is 15.2. The molecule has 0 aliphatic carbocycles. The number of amides is 1. The first-order chi connectivity index (χ1) is 10.1. The second-order valence-electron chi connectivity index (χ2n) is 4.80. The maximum atomic E-state index is 11.9. The SMILES string of the molecule is Cc1ccc(C(O)CNC(=O)c2csc(CCN)n2)cc1.Cl. The Balaban J connectivity index is 0.00000242. The van der Waals surface area contributed by atoms with Gasteiger partial charge in [-0.3, -0.25) is 4.79 Å². The first-order valence-electron chi connectivity index (χ1n) is 6.77. The normalized spacial score (nSPS) is 11.6. The van der Waals surface area contributed by atoms with Gasteiger partial charge < -0.3 is 16.2 Å². The molecule has 5 nitrogen and oxygen atoms in total. The lowest BCUT2D eigenvalue weighted by atomic mass is 10.1. The van der Waals surface area contributed by atoms with Crippen LogP contribution in [0.25, 0.3) is 0 Å². The largest absolute Gasteiger partial charge is 0.387 e. The molecule has 0 fully saturated rings. The van der Waals surface area contributed by atoms with Crippen molar-refractivity contribution >= 4 is 29.7 Å². The number of nitrogens with one attached hydrogen (secondary N) is 1. The number of nitrogens with zero attached hydrogens (tertiary/aromatic N) is 1. The van der Waals surface area contributed by atoms with Gasteiger partial charge >= 0.3 is 0 Å². The fourth-order valence-electron chi connectivity index (χ4n) is 1.84. The zero-order valence-corrected chi connectivity index (χ0v) is 13.9. The summed E-state index contributed by atoms with van der Waals surface area (Å²) in [5.74, 6) is -0.277. The molecule has 4 N–H and O–H groups in total. The van der Waals surface area contributed by atoms with Crippen LogP contribution in [0.3, 0.4) is 0 Å². The average Bonchev–Trinajstić information content (AvgIpc) is 2.94. The topological polar surface area (TPSA) is 88.2 Å². The molecule has 0 radical (unpaired) electrons. The molecule has 0 saturated carbocycles. The lowest BCUT2D eigenvalue weighted by Crippen LogP contribution is -2.28. The molecule has 2 aromatic rings. The predicted molar refractivity (Wildman–Crippen MR) is 90.6 cm³/mol. The minimum absolute atomic E-state index is 0. The molecule has 22 heavy (non-hydrogen) atoms. The second kappa shape index (κ2) is 8.85. The highest BCUT2D eigenvalue weighted by molar-refractivity contribution is 7.09. The number of carbonyl (C=O) groups is 1. The molecule has 1 unspecified atom stereocenters. The van der Waals surface area contributed by atoms with Gasteiger partial charge in [0.1, 0.15) is 5.69 Å². The van der Waals surface area contributed by atoms with Crippen LogP contribution in [0, 0.1) is 6.92 Å². The van der Waals surface area contributed by atoms with E-state index in [-0.39, 0.29) is 24.9 Å². The third-order valence-electron chi connectivity index (χ3n) is 3.06. The van der Waals surface area contributed by atoms with Crippen LogP contribution in [0.15, 0.2) is 29.6 Å². The highest BCUT2D eigenvalue weighted by Crippen LogP contribution is 2.13. The van der Waals surface area contributed by atoms with Gasteiger partial charge in [-0.15, -0.1) is 23.7 Å². The Labute approximate surface area is 140 Å². The Morgan fingerprint density at radius 2 is 2.09 bits per heavy atom. The number of rotatable bonds is 6. The summed E-state index contributed by atoms with van der Waals surface area (Å²) in [6, 6.07) is 7.57. The van der Waals surface area contributed by atoms with Gasteiger partial charge in [0, 0.05) is 18.3 Å². The van der Waals surface area contributed by atoms with Gasteiger partial charge in [-0.05, 0) is 19.0 Å². The van der Waals surface area contributed by atoms with E-state index in [0.29, 0.717) is 18.7 Å². The Bertz CT molecular complexity index is 601. The van der Waals surface area contributed by atoms with Crippen LogP contribution in [-0.2, 0) is 6.42 Å². The molecule has 1 atom stereocenters. The van der Waals surface area contributed by atoms with Crippen LogP contribution in [0.1, 0.15) is 32.7 Å². The summed E-state index contributed by atoms with van der Waals surface area (Å²) in [7, 11) is 0. The maximum absolute atomic E-state index is 11.9. The number of hydrogen-bond donors (Lipinski definition) is 3. The zero-order valence-electron chi connectivity index (χ0n) is 12.3. The highest BCUT2D eigenvalue weighted by Gasteiger charge is 2.13. The molecule has 7 heteroatoms. The average molecular weight is 342 g/mol. The molecule has 1 aromatic heterocycles. The van der Waals surface area contributed by atoms with Gasteiger partial charge in [0.2, 0.25) is 0 Å². The van der Waals surface area contributed by atoms with E-state index in [9.17, 15) is 9.90 Å². The fourth-order valence-corrected chi connectivity index (χ4v) is 2.63. The second-order valence-corrected chi connectivity index (χ2v) is 5.74. The van der Waals surface area contributed by atoms with Crippen molar-refractivity contribution in [3.8, 4) is 0 Å². The van der Waals surface area contributed by atoms with Gasteiger partial charge in [0.05, 0.1) is 11.1 Å². The third kappa shape index (κ3) is 5.06. The van der Waals surface area contributed by atoms with E-state index in [2.05, 4.69) is 10.3 Å². The lowest BCUT2D eigenvalue weighted by molar-refractivity contribution is 0.0912. The third-order valence-corrected chi connectivity index (χ3v) is 3.97. The van der Waals surface area contributed by atoms with E-state index in [0.717, 1.165) is 16.1 Å². The molecule has 120 valence electrons. The number of hydrogen-bond acceptors (Lipinski definition) is 5. The van der Waals surface area contributed by atoms with Gasteiger partial charge in [-0.25, -0.2) is 4.98 Å². The van der Waals surface area contributed by atoms with Crippen molar-refractivity contribution in [1.29, 1.82) is 0 Å². The Hall–Kier alpha value is -1.47. The van der Waals surface area contributed by atoms with E-state index in [1.54, 1.807) is 5.38 Å². The maximum Gasteiger partial charge on any atom is 0.270 e. The number of nitrogens with two attached hydrogens (primary N) is 1. The van der Waals surface area contributed by atoms with Gasteiger partial charge in [-0.1, -0.05) is 29.8 Å². The van der Waals surface area contributed by atoms with E-state index in [1.807, 2.05) is 31.2 Å². The molecule has 2 rings (SSSR count). The van der Waals surface area contributed by atoms with Crippen LogP contribution in [0.4, 0.5) is 0 Å². The van der Waals surface area contributed by atoms with Crippen molar-refractivity contribution in [3.63, 3.8) is 0 Å². The van der Waals surface area contributed by atoms with Gasteiger partial charge in [0.15, 0.2) is 0 Å². The van der Waals surface area contributed by atoms with Gasteiger partial charge in [0.25, 0.3) is 5.91 Å². The number of aryl methyl sites for hydroxylation is 1. The quantitative estimate of drug-likeness (QED) is 0.748. The first-order valence-corrected chi connectivity index (χ1v) is 7.65. The summed E-state index contributed by atoms with van der Waals surface area (Å²) < 4.78 is 0. The lowest BCUT2D eigenvalue weighted by Gasteiger charge is -2.11. The van der Waals surface area contributed by atoms with Crippen LogP contribution in [-0.4, -0.2) is 29.1 Å². The smallest absolute Gasteiger partial charge is 0.270 e. The number of benzene rings is 1. The Kier molecular flexibility index (Phi) is 7.47. The molecule has 0 bridgehead atoms. The molecule has 0 aliphatic heterocycles. The summed E-state index contributed by atoms with van der Waals surface area (Å²) in [5, 5.41) is 15.3. The van der Waals surface area contributed by atoms with Crippen molar-refractivity contribution in [1.82, 2.24) is 10.3 Å². The van der Waals surface area contributed by atoms with Crippen molar-refractivity contribution in [2.45, 2.75) is 19.4 Å². The summed E-state index contributed by atoms with van der Waals surface area (Å²) in [6.45, 7) is 2.66. The molecule has 1 amide bonds. The van der Waals surface area contributed by atoms with E-state index in [1.165, 1.54) is 11.3 Å². The molecular formula is C15H20ClN3O2S. The van der Waals surface area contributed by atoms with Crippen molar-refractivity contribution in [2.75, 3.05) is 13.1 Å². The first kappa shape index (κ1) is 18.6. The minimum Gasteiger partial charge on any atom is -0.387 e. The number of aliphatic hydroxyl groups excluding tert-OH is 1. The minimum atomic E-state index is -0.725. The fraction of sp³-hybridized carbons (Fsp3) is 0.333. The molecule has 1 aromatic carbocycles. The molecule has 0 saturated heterocycles. The number of carbonyl (C=O) groups excluding carboxylic acids is 1. The monoisotopic (exact) mass is 341 g/mol. The molecule has 0 spiro atoms. The molecule has 0 aliphatic rings. The van der Waals surface area contributed by atoms with Gasteiger partial charge in [-0.2, -0.15) is 0 Å². The standard InChI is InChI=1S/C15H19N3O2S.ClH/c1-10-2-4-11(5-3-10)13(19)8-17-15(20)12-9-21-14(18-12)6-7-16;/h2-5,9,13,19H,6-8,16H2,1H3,(H,17,20);1H. The summed E-state index contributed by atoms with van der Waals surface area (Å²) in [4.78, 5) is 16.1. The Morgan fingerprint density at radius 3 is 2.73 bits per heavy atom. The van der Waals surface area contributed by atoms with Crippen molar-refractivity contribution in [2.24, 2.45) is 5.73 Å². The predicted octanol–water partition coefficient (Wildman–Crippen LogP) is 1.84. The number of aliphatic hydroxyl groups is 1. The van der Waals surface area contributed by atoms with Crippen molar-refractivity contribution in [3.05, 3.63) is 51.5 Å². The van der Waals surface area contributed by atoms with Crippen LogP contribution < -0.4 is 11.1 Å².